The van der Waals surface area contributed by atoms with Crippen LogP contribution in [0.15, 0.2) is 48.7 Å². The maximum absolute atomic E-state index is 12.6. The molecule has 0 unspecified atom stereocenters. The van der Waals surface area contributed by atoms with Gasteiger partial charge in [0.25, 0.3) is 5.91 Å². The molecule has 0 aliphatic heterocycles. The van der Waals surface area contributed by atoms with Crippen molar-refractivity contribution in [2.24, 2.45) is 0 Å². The third-order valence-electron chi connectivity index (χ3n) is 3.79. The second-order valence-electron chi connectivity index (χ2n) is 5.58. The third-order valence-corrected chi connectivity index (χ3v) is 3.79. The van der Waals surface area contributed by atoms with E-state index in [0.717, 1.165) is 5.39 Å². The molecule has 0 spiro atoms. The SMILES string of the molecule is COc1cccc(NC(=O)CN(C)C(=O)c2cccc3cn[nH]c23)c1. The lowest BCUT2D eigenvalue weighted by atomic mass is 10.1. The first-order chi connectivity index (χ1) is 12.1. The molecular weight excluding hydrogens is 320 g/mol. The Balaban J connectivity index is 1.68. The number of ether oxygens (including phenoxy) is 1. The zero-order chi connectivity index (χ0) is 17.8. The van der Waals surface area contributed by atoms with Gasteiger partial charge >= 0.3 is 0 Å². The van der Waals surface area contributed by atoms with Crippen molar-refractivity contribution in [1.29, 1.82) is 0 Å². The van der Waals surface area contributed by atoms with Crippen LogP contribution in [0.1, 0.15) is 10.4 Å². The summed E-state index contributed by atoms with van der Waals surface area (Å²) in [7, 11) is 3.14. The van der Waals surface area contributed by atoms with Crippen LogP contribution in [0.4, 0.5) is 5.69 Å². The van der Waals surface area contributed by atoms with Gasteiger partial charge in [0, 0.05) is 24.2 Å². The van der Waals surface area contributed by atoms with E-state index in [0.29, 0.717) is 22.5 Å². The first kappa shape index (κ1) is 16.5. The molecule has 0 saturated carbocycles. The average molecular weight is 338 g/mol. The van der Waals surface area contributed by atoms with Crippen molar-refractivity contribution >= 4 is 28.4 Å². The van der Waals surface area contributed by atoms with Crippen LogP contribution in [0.5, 0.6) is 5.75 Å². The predicted octanol–water partition coefficient (Wildman–Crippen LogP) is 2.28. The minimum absolute atomic E-state index is 0.0689. The second-order valence-corrected chi connectivity index (χ2v) is 5.58. The molecular formula is C18H18N4O3. The van der Waals surface area contributed by atoms with E-state index in [1.807, 2.05) is 6.07 Å². The summed E-state index contributed by atoms with van der Waals surface area (Å²) in [5.74, 6) is 0.102. The molecule has 3 aromatic rings. The Kier molecular flexibility index (Phi) is 4.65. The number of hydrogen-bond donors (Lipinski definition) is 2. The molecule has 0 aliphatic rings. The number of H-pyrrole nitrogens is 1. The maximum atomic E-state index is 12.6. The molecule has 25 heavy (non-hydrogen) atoms. The molecule has 0 saturated heterocycles. The molecule has 0 atom stereocenters. The number of benzene rings is 2. The lowest BCUT2D eigenvalue weighted by Gasteiger charge is -2.17. The van der Waals surface area contributed by atoms with Crippen LogP contribution in [0.25, 0.3) is 10.9 Å². The fraction of sp³-hybridized carbons (Fsp3) is 0.167. The van der Waals surface area contributed by atoms with Gasteiger partial charge in [0.2, 0.25) is 5.91 Å². The molecule has 2 N–H and O–H groups in total. The smallest absolute Gasteiger partial charge is 0.256 e. The fourth-order valence-electron chi connectivity index (χ4n) is 2.54. The van der Waals surface area contributed by atoms with Gasteiger partial charge in [-0.2, -0.15) is 5.10 Å². The number of nitrogens with one attached hydrogen (secondary N) is 2. The van der Waals surface area contributed by atoms with Crippen molar-refractivity contribution in [3.63, 3.8) is 0 Å². The van der Waals surface area contributed by atoms with Crippen LogP contribution in [-0.2, 0) is 4.79 Å². The van der Waals surface area contributed by atoms with E-state index in [2.05, 4.69) is 15.5 Å². The third kappa shape index (κ3) is 3.60. The summed E-state index contributed by atoms with van der Waals surface area (Å²) in [5, 5.41) is 10.4. The molecule has 7 nitrogen and oxygen atoms in total. The lowest BCUT2D eigenvalue weighted by molar-refractivity contribution is -0.116. The Morgan fingerprint density at radius 1 is 1.24 bits per heavy atom. The second kappa shape index (κ2) is 7.04. The van der Waals surface area contributed by atoms with Crippen LogP contribution >= 0.6 is 0 Å². The highest BCUT2D eigenvalue weighted by atomic mass is 16.5. The van der Waals surface area contributed by atoms with Crippen LogP contribution in [0.3, 0.4) is 0 Å². The molecule has 0 fully saturated rings. The largest absolute Gasteiger partial charge is 0.497 e. The quantitative estimate of drug-likeness (QED) is 0.747. The van der Waals surface area contributed by atoms with Crippen molar-refractivity contribution in [1.82, 2.24) is 15.1 Å². The standard InChI is InChI=1S/C18H18N4O3/c1-22(11-16(23)20-13-6-4-7-14(9-13)25-2)18(24)15-8-3-5-12-10-19-21-17(12)15/h3-10H,11H2,1-2H3,(H,19,21)(H,20,23). The number of nitrogens with zero attached hydrogens (tertiary/aromatic N) is 2. The van der Waals surface area contributed by atoms with Crippen molar-refractivity contribution in [3.8, 4) is 5.75 Å². The number of carbonyl (C=O) groups excluding carboxylic acids is 2. The van der Waals surface area contributed by atoms with E-state index in [-0.39, 0.29) is 18.4 Å². The number of amides is 2. The van der Waals surface area contributed by atoms with Gasteiger partial charge in [-0.15, -0.1) is 0 Å². The van der Waals surface area contributed by atoms with Gasteiger partial charge in [0.1, 0.15) is 5.75 Å². The van der Waals surface area contributed by atoms with Crippen LogP contribution in [0.2, 0.25) is 0 Å². The maximum Gasteiger partial charge on any atom is 0.256 e. The van der Waals surface area contributed by atoms with Gasteiger partial charge in [-0.25, -0.2) is 0 Å². The van der Waals surface area contributed by atoms with Crippen molar-refractivity contribution in [3.05, 3.63) is 54.2 Å². The minimum atomic E-state index is -0.291. The normalized spacial score (nSPS) is 10.5. The summed E-state index contributed by atoms with van der Waals surface area (Å²) in [6.45, 7) is -0.0689. The number of fused-ring (bicyclic) bond motifs is 1. The van der Waals surface area contributed by atoms with E-state index in [1.54, 1.807) is 56.8 Å². The van der Waals surface area contributed by atoms with E-state index in [1.165, 1.54) is 4.90 Å². The van der Waals surface area contributed by atoms with Crippen LogP contribution < -0.4 is 10.1 Å². The summed E-state index contributed by atoms with van der Waals surface area (Å²) < 4.78 is 5.12. The van der Waals surface area contributed by atoms with Gasteiger partial charge in [-0.05, 0) is 18.2 Å². The number of hydrogen-bond acceptors (Lipinski definition) is 4. The van der Waals surface area contributed by atoms with Crippen LogP contribution in [-0.4, -0.2) is 47.6 Å². The highest BCUT2D eigenvalue weighted by molar-refractivity contribution is 6.06. The Bertz CT molecular complexity index is 919. The van der Waals surface area contributed by atoms with Gasteiger partial charge in [-0.1, -0.05) is 18.2 Å². The van der Waals surface area contributed by atoms with E-state index in [4.69, 9.17) is 4.74 Å². The van der Waals surface area contributed by atoms with Gasteiger partial charge in [0.15, 0.2) is 0 Å². The van der Waals surface area contributed by atoms with E-state index in [9.17, 15) is 9.59 Å². The van der Waals surface area contributed by atoms with E-state index < -0.39 is 0 Å². The number of carbonyl (C=O) groups is 2. The van der Waals surface area contributed by atoms with Crippen molar-refractivity contribution < 1.29 is 14.3 Å². The molecule has 0 radical (unpaired) electrons. The number of aromatic amines is 1. The number of methoxy groups -OCH3 is 1. The molecule has 1 aromatic heterocycles. The molecule has 0 aliphatic carbocycles. The summed E-state index contributed by atoms with van der Waals surface area (Å²) in [6, 6.07) is 12.4. The first-order valence-corrected chi connectivity index (χ1v) is 7.70. The van der Waals surface area contributed by atoms with Gasteiger partial charge in [0.05, 0.1) is 30.9 Å². The Labute approximate surface area is 144 Å². The van der Waals surface area contributed by atoms with Gasteiger partial charge in [-0.3, -0.25) is 14.7 Å². The summed E-state index contributed by atoms with van der Waals surface area (Å²) in [6.07, 6.45) is 1.65. The van der Waals surface area contributed by atoms with E-state index >= 15 is 0 Å². The predicted molar refractivity (Wildman–Crippen MR) is 94.7 cm³/mol. The zero-order valence-electron chi connectivity index (χ0n) is 13.9. The Morgan fingerprint density at radius 2 is 2.04 bits per heavy atom. The van der Waals surface area contributed by atoms with Gasteiger partial charge < -0.3 is 15.0 Å². The number of aromatic nitrogens is 2. The highest BCUT2D eigenvalue weighted by Gasteiger charge is 2.18. The summed E-state index contributed by atoms with van der Waals surface area (Å²) >= 11 is 0. The number of likely N-dealkylation sites (N-methyl/N-ethyl adjacent to an activating group) is 1. The van der Waals surface area contributed by atoms with Crippen molar-refractivity contribution in [2.75, 3.05) is 26.0 Å². The zero-order valence-corrected chi connectivity index (χ0v) is 13.9. The molecule has 2 amide bonds. The molecule has 0 bridgehead atoms. The first-order valence-electron chi connectivity index (χ1n) is 7.70. The molecule has 2 aromatic carbocycles. The monoisotopic (exact) mass is 338 g/mol. The molecule has 128 valence electrons. The number of rotatable bonds is 5. The fourth-order valence-corrected chi connectivity index (χ4v) is 2.54. The number of para-hydroxylation sites is 1. The minimum Gasteiger partial charge on any atom is -0.497 e. The molecule has 7 heteroatoms. The van der Waals surface area contributed by atoms with Crippen molar-refractivity contribution in [2.45, 2.75) is 0 Å². The molecule has 1 heterocycles. The topological polar surface area (TPSA) is 87.3 Å². The summed E-state index contributed by atoms with van der Waals surface area (Å²) in [5.41, 5.74) is 1.75. The lowest BCUT2D eigenvalue weighted by Crippen LogP contribution is -2.35. The average Bonchev–Trinajstić information content (AvgIpc) is 3.09. The summed E-state index contributed by atoms with van der Waals surface area (Å²) in [4.78, 5) is 26.2. The Morgan fingerprint density at radius 3 is 2.84 bits per heavy atom. The Hall–Kier alpha value is -3.35. The van der Waals surface area contributed by atoms with Crippen LogP contribution in [0, 0.1) is 0 Å². The number of anilines is 1. The molecule has 3 rings (SSSR count). The highest BCUT2D eigenvalue weighted by Crippen LogP contribution is 2.18.